The van der Waals surface area contributed by atoms with Gasteiger partial charge in [0, 0.05) is 19.8 Å². The SMILES string of the molecule is COCCC(C)C(N)CCN(C)C. The molecule has 0 bridgehead atoms. The fraction of sp³-hybridized carbons (Fsp3) is 1.00. The molecule has 0 spiro atoms. The van der Waals surface area contributed by atoms with Gasteiger partial charge in [-0.3, -0.25) is 0 Å². The zero-order chi connectivity index (χ0) is 10.3. The van der Waals surface area contributed by atoms with Crippen LogP contribution < -0.4 is 5.73 Å². The summed E-state index contributed by atoms with van der Waals surface area (Å²) in [6, 6.07) is 0.303. The van der Waals surface area contributed by atoms with Crippen LogP contribution in [0.5, 0.6) is 0 Å². The van der Waals surface area contributed by atoms with E-state index < -0.39 is 0 Å². The number of nitrogens with zero attached hydrogens (tertiary/aromatic N) is 1. The van der Waals surface area contributed by atoms with Crippen molar-refractivity contribution in [1.82, 2.24) is 4.90 Å². The smallest absolute Gasteiger partial charge is 0.0465 e. The van der Waals surface area contributed by atoms with Gasteiger partial charge in [0.15, 0.2) is 0 Å². The standard InChI is InChI=1S/C10H24N2O/c1-9(6-8-13-4)10(11)5-7-12(2)3/h9-10H,5-8,11H2,1-4H3. The molecule has 2 N–H and O–H groups in total. The predicted octanol–water partition coefficient (Wildman–Crippen LogP) is 0.938. The van der Waals surface area contributed by atoms with Crippen LogP contribution in [0.1, 0.15) is 19.8 Å². The first kappa shape index (κ1) is 12.9. The first-order chi connectivity index (χ1) is 6.07. The molecule has 3 heteroatoms. The van der Waals surface area contributed by atoms with E-state index in [0.717, 1.165) is 26.0 Å². The summed E-state index contributed by atoms with van der Waals surface area (Å²) in [6.45, 7) is 4.08. The number of ether oxygens (including phenoxy) is 1. The second kappa shape index (κ2) is 7.30. The Bertz CT molecular complexity index is 117. The van der Waals surface area contributed by atoms with Crippen molar-refractivity contribution in [3.8, 4) is 0 Å². The normalized spacial score (nSPS) is 16.2. The van der Waals surface area contributed by atoms with Crippen LogP contribution in [0.25, 0.3) is 0 Å². The summed E-state index contributed by atoms with van der Waals surface area (Å²) >= 11 is 0. The van der Waals surface area contributed by atoms with Crippen LogP contribution in [-0.2, 0) is 4.74 Å². The Morgan fingerprint density at radius 1 is 1.31 bits per heavy atom. The summed E-state index contributed by atoms with van der Waals surface area (Å²) < 4.78 is 5.02. The van der Waals surface area contributed by atoms with Crippen LogP contribution in [-0.4, -0.2) is 45.3 Å². The molecule has 0 fully saturated rings. The minimum Gasteiger partial charge on any atom is -0.385 e. The van der Waals surface area contributed by atoms with Gasteiger partial charge in [0.1, 0.15) is 0 Å². The van der Waals surface area contributed by atoms with Crippen molar-refractivity contribution in [2.45, 2.75) is 25.8 Å². The van der Waals surface area contributed by atoms with Crippen LogP contribution in [0, 0.1) is 5.92 Å². The first-order valence-corrected chi connectivity index (χ1v) is 4.97. The van der Waals surface area contributed by atoms with E-state index in [1.807, 2.05) is 0 Å². The molecule has 0 aliphatic carbocycles. The second-order valence-corrected chi connectivity index (χ2v) is 4.01. The van der Waals surface area contributed by atoms with E-state index in [2.05, 4.69) is 25.9 Å². The molecule has 2 unspecified atom stereocenters. The lowest BCUT2D eigenvalue weighted by atomic mass is 9.97. The van der Waals surface area contributed by atoms with E-state index in [-0.39, 0.29) is 0 Å². The van der Waals surface area contributed by atoms with Gasteiger partial charge in [-0.2, -0.15) is 0 Å². The molecule has 0 saturated heterocycles. The van der Waals surface area contributed by atoms with Crippen LogP contribution >= 0.6 is 0 Å². The number of methoxy groups -OCH3 is 1. The maximum Gasteiger partial charge on any atom is 0.0465 e. The quantitative estimate of drug-likeness (QED) is 0.646. The van der Waals surface area contributed by atoms with Gasteiger partial charge in [-0.1, -0.05) is 6.92 Å². The fourth-order valence-corrected chi connectivity index (χ4v) is 1.21. The molecular formula is C10H24N2O. The van der Waals surface area contributed by atoms with Crippen molar-refractivity contribution < 1.29 is 4.74 Å². The summed E-state index contributed by atoms with van der Waals surface area (Å²) in [6.07, 6.45) is 2.13. The molecule has 0 aliphatic heterocycles. The highest BCUT2D eigenvalue weighted by atomic mass is 16.5. The summed E-state index contributed by atoms with van der Waals surface area (Å²) in [7, 11) is 5.89. The van der Waals surface area contributed by atoms with Gasteiger partial charge in [-0.25, -0.2) is 0 Å². The highest BCUT2D eigenvalue weighted by Gasteiger charge is 2.12. The lowest BCUT2D eigenvalue weighted by molar-refractivity contribution is 0.172. The van der Waals surface area contributed by atoms with Gasteiger partial charge in [-0.05, 0) is 39.4 Å². The molecule has 0 amide bonds. The molecule has 0 radical (unpaired) electrons. The Kier molecular flexibility index (Phi) is 7.23. The summed E-state index contributed by atoms with van der Waals surface area (Å²) in [5.74, 6) is 0.555. The molecule has 0 heterocycles. The van der Waals surface area contributed by atoms with Crippen molar-refractivity contribution >= 4 is 0 Å². The molecule has 13 heavy (non-hydrogen) atoms. The van der Waals surface area contributed by atoms with Crippen LogP contribution in [0.3, 0.4) is 0 Å². The van der Waals surface area contributed by atoms with Gasteiger partial charge in [0.2, 0.25) is 0 Å². The zero-order valence-electron chi connectivity index (χ0n) is 9.42. The van der Waals surface area contributed by atoms with Gasteiger partial charge < -0.3 is 15.4 Å². The van der Waals surface area contributed by atoms with Crippen LogP contribution in [0.2, 0.25) is 0 Å². The number of rotatable bonds is 7. The lowest BCUT2D eigenvalue weighted by Gasteiger charge is -2.21. The van der Waals surface area contributed by atoms with Crippen molar-refractivity contribution in [3.05, 3.63) is 0 Å². The molecule has 0 saturated carbocycles. The van der Waals surface area contributed by atoms with Gasteiger partial charge in [0.05, 0.1) is 0 Å². The molecule has 0 aromatic rings. The largest absolute Gasteiger partial charge is 0.385 e. The van der Waals surface area contributed by atoms with Crippen molar-refractivity contribution in [1.29, 1.82) is 0 Å². The van der Waals surface area contributed by atoms with E-state index in [0.29, 0.717) is 12.0 Å². The van der Waals surface area contributed by atoms with Crippen molar-refractivity contribution in [2.24, 2.45) is 11.7 Å². The molecule has 0 aromatic heterocycles. The average molecular weight is 188 g/mol. The highest BCUT2D eigenvalue weighted by Crippen LogP contribution is 2.09. The van der Waals surface area contributed by atoms with Crippen LogP contribution in [0.15, 0.2) is 0 Å². The zero-order valence-corrected chi connectivity index (χ0v) is 9.42. The third kappa shape index (κ3) is 6.99. The van der Waals surface area contributed by atoms with Gasteiger partial charge >= 0.3 is 0 Å². The Labute approximate surface area is 82.2 Å². The third-order valence-electron chi connectivity index (χ3n) is 2.42. The summed E-state index contributed by atoms with van der Waals surface area (Å²) in [4.78, 5) is 2.17. The third-order valence-corrected chi connectivity index (χ3v) is 2.42. The van der Waals surface area contributed by atoms with E-state index in [1.54, 1.807) is 7.11 Å². The second-order valence-electron chi connectivity index (χ2n) is 4.01. The number of nitrogens with two attached hydrogens (primary N) is 1. The topological polar surface area (TPSA) is 38.5 Å². The molecule has 3 nitrogen and oxygen atoms in total. The summed E-state index contributed by atoms with van der Waals surface area (Å²) in [5.41, 5.74) is 6.02. The van der Waals surface area contributed by atoms with Gasteiger partial charge in [0.25, 0.3) is 0 Å². The minimum absolute atomic E-state index is 0.303. The average Bonchev–Trinajstić information content (AvgIpc) is 2.10. The van der Waals surface area contributed by atoms with Crippen LogP contribution in [0.4, 0.5) is 0 Å². The minimum atomic E-state index is 0.303. The van der Waals surface area contributed by atoms with E-state index in [4.69, 9.17) is 10.5 Å². The molecule has 0 rings (SSSR count). The van der Waals surface area contributed by atoms with E-state index in [9.17, 15) is 0 Å². The first-order valence-electron chi connectivity index (χ1n) is 4.97. The molecule has 0 aliphatic rings. The van der Waals surface area contributed by atoms with Gasteiger partial charge in [-0.15, -0.1) is 0 Å². The molecule has 0 aromatic carbocycles. The highest BCUT2D eigenvalue weighted by molar-refractivity contribution is 4.69. The van der Waals surface area contributed by atoms with E-state index >= 15 is 0 Å². The number of hydrogen-bond acceptors (Lipinski definition) is 3. The molecule has 80 valence electrons. The maximum absolute atomic E-state index is 6.02. The number of hydrogen-bond donors (Lipinski definition) is 1. The predicted molar refractivity (Wildman–Crippen MR) is 56.8 cm³/mol. The van der Waals surface area contributed by atoms with Crippen molar-refractivity contribution in [2.75, 3.05) is 34.4 Å². The Morgan fingerprint density at radius 2 is 1.92 bits per heavy atom. The Balaban J connectivity index is 3.50. The van der Waals surface area contributed by atoms with E-state index in [1.165, 1.54) is 0 Å². The molecular weight excluding hydrogens is 164 g/mol. The molecule has 2 atom stereocenters. The monoisotopic (exact) mass is 188 g/mol. The lowest BCUT2D eigenvalue weighted by Crippen LogP contribution is -2.32. The fourth-order valence-electron chi connectivity index (χ4n) is 1.21. The summed E-state index contributed by atoms with van der Waals surface area (Å²) in [5, 5.41) is 0. The maximum atomic E-state index is 6.02. The Morgan fingerprint density at radius 3 is 2.38 bits per heavy atom. The van der Waals surface area contributed by atoms with Crippen molar-refractivity contribution in [3.63, 3.8) is 0 Å². The Hall–Kier alpha value is -0.120.